The van der Waals surface area contributed by atoms with Crippen molar-refractivity contribution in [3.8, 4) is 0 Å². The van der Waals surface area contributed by atoms with Crippen molar-refractivity contribution in [3.05, 3.63) is 68.8 Å². The van der Waals surface area contributed by atoms with Crippen LogP contribution < -0.4 is 0 Å². The van der Waals surface area contributed by atoms with E-state index in [4.69, 9.17) is 0 Å². The molecule has 0 fully saturated rings. The Bertz CT molecular complexity index is 962. The Morgan fingerprint density at radius 1 is 0.462 bits per heavy atom. The maximum Gasteiger partial charge on any atom is 0.128 e. The molecule has 0 saturated heterocycles. The van der Waals surface area contributed by atoms with Crippen LogP contribution in [0.25, 0.3) is 0 Å². The molecule has 0 aliphatic rings. The smallest absolute Gasteiger partial charge is 0.128 e. The van der Waals surface area contributed by atoms with E-state index in [1.54, 1.807) is 0 Å². The maximum absolute atomic E-state index is 13.6. The minimum atomic E-state index is -1.85. The predicted octanol–water partition coefficient (Wildman–Crippen LogP) is 7.63. The molecule has 39 heavy (non-hydrogen) atoms. The van der Waals surface area contributed by atoms with Gasteiger partial charge < -0.3 is 20.4 Å². The van der Waals surface area contributed by atoms with Crippen LogP contribution in [0.5, 0.6) is 0 Å². The first-order chi connectivity index (χ1) is 18.0. The number of aliphatic hydroxyl groups is 4. The maximum atomic E-state index is 13.6. The van der Waals surface area contributed by atoms with E-state index in [2.05, 4.69) is 107 Å². The van der Waals surface area contributed by atoms with Crippen LogP contribution in [-0.2, 0) is 5.60 Å². The lowest BCUT2D eigenvalue weighted by molar-refractivity contribution is -0.137. The summed E-state index contributed by atoms with van der Waals surface area (Å²) < 4.78 is 0. The summed E-state index contributed by atoms with van der Waals surface area (Å²) in [7, 11) is 0. The highest BCUT2D eigenvalue weighted by Crippen LogP contribution is 2.54. The van der Waals surface area contributed by atoms with Crippen LogP contribution in [0, 0.1) is 5.41 Å². The highest BCUT2D eigenvalue weighted by Gasteiger charge is 2.56. The van der Waals surface area contributed by atoms with Crippen molar-refractivity contribution in [2.45, 2.75) is 124 Å². The van der Waals surface area contributed by atoms with Gasteiger partial charge in [-0.05, 0) is 80.0 Å². The van der Waals surface area contributed by atoms with Crippen molar-refractivity contribution in [3.63, 3.8) is 0 Å². The molecule has 0 unspecified atom stereocenters. The molecule has 0 atom stereocenters. The molecule has 4 N–H and O–H groups in total. The van der Waals surface area contributed by atoms with Gasteiger partial charge in [0.25, 0.3) is 0 Å². The standard InChI is InChI=1S/C35H56O4/c1-20(2)26-13-28(22(5)6)32(29(14-26)23(7)8)35(39,34(17-36,18-37)19-38)33-30(24(9)10)15-27(21(3)4)16-31(33)25(11)12/h13-16,20-25,36-39H,17-19H2,1-12H3. The summed E-state index contributed by atoms with van der Waals surface area (Å²) in [5.74, 6) is 0.854. The Labute approximate surface area is 238 Å². The number of rotatable bonds is 12. The molecule has 2 rings (SSSR count). The second-order valence-electron chi connectivity index (χ2n) is 13.5. The average molecular weight is 541 g/mol. The molecule has 2 aromatic rings. The second kappa shape index (κ2) is 12.9. The van der Waals surface area contributed by atoms with Crippen LogP contribution in [-0.4, -0.2) is 40.2 Å². The molecule has 4 nitrogen and oxygen atoms in total. The van der Waals surface area contributed by atoms with Crippen molar-refractivity contribution in [1.29, 1.82) is 0 Å². The fourth-order valence-electron chi connectivity index (χ4n) is 5.90. The molecular weight excluding hydrogens is 484 g/mol. The molecule has 4 heteroatoms. The SMILES string of the molecule is CC(C)c1cc(C(C)C)c(C(O)(c2c(C(C)C)cc(C(C)C)cc2C(C)C)C(CO)(CO)CO)c(C(C)C)c1. The van der Waals surface area contributed by atoms with Gasteiger partial charge in [-0.15, -0.1) is 0 Å². The lowest BCUT2D eigenvalue weighted by atomic mass is 9.59. The van der Waals surface area contributed by atoms with E-state index >= 15 is 0 Å². The zero-order valence-corrected chi connectivity index (χ0v) is 26.7. The van der Waals surface area contributed by atoms with Gasteiger partial charge in [-0.25, -0.2) is 0 Å². The summed E-state index contributed by atoms with van der Waals surface area (Å²) in [4.78, 5) is 0. The average Bonchev–Trinajstić information content (AvgIpc) is 2.87. The monoisotopic (exact) mass is 540 g/mol. The second-order valence-corrected chi connectivity index (χ2v) is 13.5. The molecule has 220 valence electrons. The van der Waals surface area contributed by atoms with Gasteiger partial charge in [-0.2, -0.15) is 0 Å². The number of aliphatic hydroxyl groups excluding tert-OH is 3. The summed E-state index contributed by atoms with van der Waals surface area (Å²) in [5, 5.41) is 46.4. The minimum absolute atomic E-state index is 0.0661. The Hall–Kier alpha value is -1.72. The molecular formula is C35H56O4. The Morgan fingerprint density at radius 2 is 0.692 bits per heavy atom. The number of benzene rings is 2. The molecule has 2 aromatic carbocycles. The van der Waals surface area contributed by atoms with Gasteiger partial charge >= 0.3 is 0 Å². The molecule has 0 aromatic heterocycles. The highest BCUT2D eigenvalue weighted by atomic mass is 16.3. The summed E-state index contributed by atoms with van der Waals surface area (Å²) >= 11 is 0. The van der Waals surface area contributed by atoms with Crippen LogP contribution in [0.15, 0.2) is 24.3 Å². The molecule has 0 radical (unpaired) electrons. The molecule has 0 aliphatic carbocycles. The molecule has 0 aliphatic heterocycles. The summed E-state index contributed by atoms with van der Waals surface area (Å²) in [5.41, 5.74) is 4.31. The van der Waals surface area contributed by atoms with Gasteiger partial charge in [-0.1, -0.05) is 107 Å². The zero-order chi connectivity index (χ0) is 30.0. The molecule has 0 heterocycles. The molecule has 0 bridgehead atoms. The zero-order valence-electron chi connectivity index (χ0n) is 26.7. The van der Waals surface area contributed by atoms with E-state index in [-0.39, 0.29) is 23.7 Å². The minimum Gasteiger partial charge on any atom is -0.395 e. The fraction of sp³-hybridized carbons (Fsp3) is 0.657. The van der Waals surface area contributed by atoms with Crippen LogP contribution in [0.1, 0.15) is 163 Å². The van der Waals surface area contributed by atoms with Gasteiger partial charge in [-0.3, -0.25) is 0 Å². The van der Waals surface area contributed by atoms with Crippen molar-refractivity contribution in [2.24, 2.45) is 5.41 Å². The van der Waals surface area contributed by atoms with Crippen molar-refractivity contribution in [2.75, 3.05) is 19.8 Å². The van der Waals surface area contributed by atoms with Gasteiger partial charge in [0.2, 0.25) is 0 Å². The van der Waals surface area contributed by atoms with Crippen LogP contribution >= 0.6 is 0 Å². The quantitative estimate of drug-likeness (QED) is 0.223. The number of hydrogen-bond acceptors (Lipinski definition) is 4. The van der Waals surface area contributed by atoms with E-state index in [1.165, 1.54) is 11.1 Å². The highest BCUT2D eigenvalue weighted by molar-refractivity contribution is 5.58. The molecule has 0 spiro atoms. The van der Waals surface area contributed by atoms with Gasteiger partial charge in [0.05, 0.1) is 25.2 Å². The van der Waals surface area contributed by atoms with Crippen molar-refractivity contribution in [1.82, 2.24) is 0 Å². The van der Waals surface area contributed by atoms with E-state index < -0.39 is 30.8 Å². The Morgan fingerprint density at radius 3 is 0.846 bits per heavy atom. The lowest BCUT2D eigenvalue weighted by Gasteiger charge is -2.49. The summed E-state index contributed by atoms with van der Waals surface area (Å²) in [6.45, 7) is 24.0. The van der Waals surface area contributed by atoms with Crippen LogP contribution in [0.4, 0.5) is 0 Å². The van der Waals surface area contributed by atoms with E-state index in [1.807, 2.05) is 0 Å². The van der Waals surface area contributed by atoms with Gasteiger partial charge in [0, 0.05) is 0 Å². The van der Waals surface area contributed by atoms with E-state index in [0.29, 0.717) is 11.8 Å². The Kier molecular flexibility index (Phi) is 11.0. The number of hydrogen-bond donors (Lipinski definition) is 4. The molecule has 0 amide bonds. The predicted molar refractivity (Wildman–Crippen MR) is 164 cm³/mol. The third kappa shape index (κ3) is 6.00. The third-order valence-corrected chi connectivity index (χ3v) is 8.66. The Balaban J connectivity index is 3.42. The van der Waals surface area contributed by atoms with Gasteiger partial charge in [0.15, 0.2) is 0 Å². The van der Waals surface area contributed by atoms with Crippen molar-refractivity contribution < 1.29 is 20.4 Å². The third-order valence-electron chi connectivity index (χ3n) is 8.66. The fourth-order valence-corrected chi connectivity index (χ4v) is 5.90. The van der Waals surface area contributed by atoms with E-state index in [0.717, 1.165) is 33.4 Å². The summed E-state index contributed by atoms with van der Waals surface area (Å²) in [6, 6.07) is 8.74. The van der Waals surface area contributed by atoms with Crippen molar-refractivity contribution >= 4 is 0 Å². The molecule has 0 saturated carbocycles. The summed E-state index contributed by atoms with van der Waals surface area (Å²) in [6.07, 6.45) is 0. The largest absolute Gasteiger partial charge is 0.395 e. The van der Waals surface area contributed by atoms with Crippen LogP contribution in [0.3, 0.4) is 0 Å². The van der Waals surface area contributed by atoms with Crippen LogP contribution in [0.2, 0.25) is 0 Å². The first-order valence-electron chi connectivity index (χ1n) is 15.0. The first-order valence-corrected chi connectivity index (χ1v) is 15.0. The normalized spacial score (nSPS) is 13.3. The van der Waals surface area contributed by atoms with E-state index in [9.17, 15) is 20.4 Å². The van der Waals surface area contributed by atoms with Gasteiger partial charge in [0.1, 0.15) is 5.60 Å². The lowest BCUT2D eigenvalue weighted by Crippen LogP contribution is -2.56. The first kappa shape index (κ1) is 33.5. The topological polar surface area (TPSA) is 80.9 Å².